The largest absolute Gasteiger partial charge is 0.445 e. The molecule has 0 saturated heterocycles. The molecule has 10 heteroatoms. The predicted octanol–water partition coefficient (Wildman–Crippen LogP) is 6.85. The van der Waals surface area contributed by atoms with Gasteiger partial charge in [-0.2, -0.15) is 0 Å². The minimum atomic E-state index is -1.87. The molecule has 2 aromatic carbocycles. The lowest BCUT2D eigenvalue weighted by Gasteiger charge is -2.37. The summed E-state index contributed by atoms with van der Waals surface area (Å²) in [6.45, 7) is 14.5. The van der Waals surface area contributed by atoms with Gasteiger partial charge in [-0.15, -0.1) is 0 Å². The second-order valence-electron chi connectivity index (χ2n) is 11.1. The van der Waals surface area contributed by atoms with Crippen LogP contribution in [0.2, 0.25) is 18.1 Å². The molecular formula is C28H41N3O6Si. The number of nitro benzene ring substituents is 1. The summed E-state index contributed by atoms with van der Waals surface area (Å²) >= 11 is 0. The Morgan fingerprint density at radius 2 is 1.74 bits per heavy atom. The predicted molar refractivity (Wildman–Crippen MR) is 152 cm³/mol. The zero-order valence-corrected chi connectivity index (χ0v) is 24.6. The normalized spacial score (nSPS) is 12.5. The Bertz CT molecular complexity index is 1100. The summed E-state index contributed by atoms with van der Waals surface area (Å²) in [5, 5.41) is 13.9. The highest BCUT2D eigenvalue weighted by molar-refractivity contribution is 6.74. The molecule has 2 aromatic rings. The summed E-state index contributed by atoms with van der Waals surface area (Å²) in [6.07, 6.45) is 1.55. The fraction of sp³-hybridized carbons (Fsp3) is 0.500. The maximum Gasteiger partial charge on any atom is 0.409 e. The molecule has 38 heavy (non-hydrogen) atoms. The van der Waals surface area contributed by atoms with E-state index >= 15 is 0 Å². The molecule has 0 bridgehead atoms. The molecule has 0 spiro atoms. The Labute approximate surface area is 226 Å². The second-order valence-corrected chi connectivity index (χ2v) is 15.9. The van der Waals surface area contributed by atoms with Gasteiger partial charge in [0.15, 0.2) is 8.32 Å². The number of hydrogen-bond donors (Lipinski definition) is 1. The van der Waals surface area contributed by atoms with Crippen LogP contribution in [0.15, 0.2) is 48.5 Å². The second kappa shape index (κ2) is 13.5. The highest BCUT2D eigenvalue weighted by Crippen LogP contribution is 2.37. The fourth-order valence-corrected chi connectivity index (χ4v) is 4.67. The molecule has 0 aromatic heterocycles. The van der Waals surface area contributed by atoms with E-state index in [4.69, 9.17) is 9.16 Å². The highest BCUT2D eigenvalue weighted by Gasteiger charge is 2.37. The number of nitrogens with one attached hydrogen (secondary N) is 1. The van der Waals surface area contributed by atoms with Gasteiger partial charge in [-0.1, -0.05) is 58.4 Å². The number of carbonyl (C=O) groups excluding carboxylic acids is 2. The van der Waals surface area contributed by atoms with Gasteiger partial charge in [-0.05, 0) is 54.2 Å². The number of benzene rings is 2. The van der Waals surface area contributed by atoms with E-state index in [1.807, 2.05) is 0 Å². The Morgan fingerprint density at radius 1 is 1.11 bits per heavy atom. The number of para-hydroxylation sites is 2. The lowest BCUT2D eigenvalue weighted by molar-refractivity contribution is -0.383. The molecule has 0 saturated carbocycles. The lowest BCUT2D eigenvalue weighted by atomic mass is 10.0. The molecule has 1 N–H and O–H groups in total. The average molecular weight is 544 g/mol. The molecule has 0 aliphatic rings. The van der Waals surface area contributed by atoms with Gasteiger partial charge in [0.05, 0.1) is 4.92 Å². The standard InChI is InChI=1S/C28H41N3O6Si/c1-8-11-22(20-37-38(6,7)28(2,3)4)18-30(5)27(33)36-19-21-14-16-23(17-15-21)26(32)29-24-12-9-10-13-25(24)31(34)35/h9-10,12-17,22H,8,11,18-20H2,1-7H3,(H,29,32). The first-order chi connectivity index (χ1) is 17.7. The van der Waals surface area contributed by atoms with Crippen molar-refractivity contribution in [1.82, 2.24) is 4.90 Å². The average Bonchev–Trinajstić information content (AvgIpc) is 2.85. The Morgan fingerprint density at radius 3 is 2.32 bits per heavy atom. The smallest absolute Gasteiger partial charge is 0.409 e. The molecule has 1 atom stereocenters. The first-order valence-electron chi connectivity index (χ1n) is 12.9. The van der Waals surface area contributed by atoms with Crippen molar-refractivity contribution in [3.05, 3.63) is 69.8 Å². The van der Waals surface area contributed by atoms with E-state index in [1.54, 1.807) is 42.3 Å². The molecule has 0 aliphatic heterocycles. The number of amides is 2. The molecule has 9 nitrogen and oxygen atoms in total. The van der Waals surface area contributed by atoms with E-state index in [9.17, 15) is 19.7 Å². The van der Waals surface area contributed by atoms with Gasteiger partial charge < -0.3 is 19.4 Å². The van der Waals surface area contributed by atoms with Crippen molar-refractivity contribution in [2.24, 2.45) is 5.92 Å². The summed E-state index contributed by atoms with van der Waals surface area (Å²) in [7, 11) is -0.141. The van der Waals surface area contributed by atoms with E-state index in [0.29, 0.717) is 18.7 Å². The molecule has 0 fully saturated rings. The summed E-state index contributed by atoms with van der Waals surface area (Å²) in [5.74, 6) is -0.241. The van der Waals surface area contributed by atoms with Gasteiger partial charge in [0, 0.05) is 31.8 Å². The maximum absolute atomic E-state index is 12.6. The van der Waals surface area contributed by atoms with Crippen molar-refractivity contribution in [3.8, 4) is 0 Å². The lowest BCUT2D eigenvalue weighted by Crippen LogP contribution is -2.43. The monoisotopic (exact) mass is 543 g/mol. The number of nitro groups is 1. The van der Waals surface area contributed by atoms with Gasteiger partial charge >= 0.3 is 6.09 Å². The summed E-state index contributed by atoms with van der Waals surface area (Å²) in [6, 6.07) is 12.5. The summed E-state index contributed by atoms with van der Waals surface area (Å²) in [4.78, 5) is 37.4. The van der Waals surface area contributed by atoms with Gasteiger partial charge in [-0.3, -0.25) is 14.9 Å². The molecule has 0 heterocycles. The first-order valence-corrected chi connectivity index (χ1v) is 15.8. The van der Waals surface area contributed by atoms with Crippen LogP contribution in [0.4, 0.5) is 16.2 Å². The van der Waals surface area contributed by atoms with Crippen LogP contribution in [0.1, 0.15) is 56.5 Å². The van der Waals surface area contributed by atoms with Crippen molar-refractivity contribution in [1.29, 1.82) is 0 Å². The highest BCUT2D eigenvalue weighted by atomic mass is 28.4. The van der Waals surface area contributed by atoms with Gasteiger partial charge in [0.25, 0.3) is 11.6 Å². The van der Waals surface area contributed by atoms with E-state index in [0.717, 1.165) is 18.4 Å². The molecule has 0 aliphatic carbocycles. The molecule has 208 valence electrons. The van der Waals surface area contributed by atoms with Crippen LogP contribution in [0, 0.1) is 16.0 Å². The number of carbonyl (C=O) groups is 2. The van der Waals surface area contributed by atoms with Crippen LogP contribution in [-0.2, 0) is 15.8 Å². The minimum Gasteiger partial charge on any atom is -0.445 e. The van der Waals surface area contributed by atoms with Crippen molar-refractivity contribution in [3.63, 3.8) is 0 Å². The van der Waals surface area contributed by atoms with Crippen LogP contribution in [-0.4, -0.2) is 50.3 Å². The Balaban J connectivity index is 1.90. The third kappa shape index (κ3) is 8.95. The van der Waals surface area contributed by atoms with Crippen molar-refractivity contribution >= 4 is 31.7 Å². The SMILES string of the molecule is CCCC(CO[Si](C)(C)C(C)(C)C)CN(C)C(=O)OCc1ccc(C(=O)Nc2ccccc2[N+](=O)[O-])cc1. The quantitative estimate of drug-likeness (QED) is 0.178. The molecule has 2 rings (SSSR count). The zero-order chi connectivity index (χ0) is 28.5. The maximum atomic E-state index is 12.6. The van der Waals surface area contributed by atoms with Gasteiger partial charge in [-0.25, -0.2) is 4.79 Å². The minimum absolute atomic E-state index is 0.0636. The number of hydrogen-bond acceptors (Lipinski definition) is 6. The van der Waals surface area contributed by atoms with Gasteiger partial charge in [0.2, 0.25) is 0 Å². The molecule has 0 radical (unpaired) electrons. The Kier molecular flexibility index (Phi) is 11.0. The van der Waals surface area contributed by atoms with Crippen LogP contribution in [0.5, 0.6) is 0 Å². The van der Waals surface area contributed by atoms with Gasteiger partial charge in [0.1, 0.15) is 12.3 Å². The van der Waals surface area contributed by atoms with E-state index in [1.165, 1.54) is 18.2 Å². The zero-order valence-electron chi connectivity index (χ0n) is 23.6. The summed E-state index contributed by atoms with van der Waals surface area (Å²) < 4.78 is 11.9. The third-order valence-corrected chi connectivity index (χ3v) is 11.5. The number of anilines is 1. The van der Waals surface area contributed by atoms with Crippen molar-refractivity contribution in [2.75, 3.05) is 25.5 Å². The van der Waals surface area contributed by atoms with E-state index < -0.39 is 25.2 Å². The fourth-order valence-electron chi connectivity index (χ4n) is 3.58. The van der Waals surface area contributed by atoms with E-state index in [2.05, 4.69) is 46.1 Å². The number of rotatable bonds is 12. The van der Waals surface area contributed by atoms with Crippen LogP contribution >= 0.6 is 0 Å². The van der Waals surface area contributed by atoms with Crippen LogP contribution in [0.25, 0.3) is 0 Å². The first kappa shape index (κ1) is 31.0. The number of ether oxygens (including phenoxy) is 1. The summed E-state index contributed by atoms with van der Waals surface area (Å²) in [5.41, 5.74) is 1.00. The van der Waals surface area contributed by atoms with E-state index in [-0.39, 0.29) is 28.9 Å². The van der Waals surface area contributed by atoms with Crippen LogP contribution < -0.4 is 5.32 Å². The van der Waals surface area contributed by atoms with Crippen LogP contribution in [0.3, 0.4) is 0 Å². The molecular weight excluding hydrogens is 502 g/mol. The molecule has 1 unspecified atom stereocenters. The van der Waals surface area contributed by atoms with Crippen molar-refractivity contribution < 1.29 is 23.7 Å². The topological polar surface area (TPSA) is 111 Å². The van der Waals surface area contributed by atoms with Crippen molar-refractivity contribution in [2.45, 2.75) is 65.3 Å². The number of nitrogens with zero attached hydrogens (tertiary/aromatic N) is 2. The Hall–Kier alpha value is -3.24. The molecule has 2 amide bonds. The third-order valence-electron chi connectivity index (χ3n) is 6.95.